The van der Waals surface area contributed by atoms with Crippen LogP contribution in [-0.4, -0.2) is 29.7 Å². The lowest BCUT2D eigenvalue weighted by Gasteiger charge is -2.20. The maximum absolute atomic E-state index is 11.3. The Morgan fingerprint density at radius 2 is 2.39 bits per heavy atom. The van der Waals surface area contributed by atoms with Crippen molar-refractivity contribution in [3.8, 4) is 0 Å². The lowest BCUT2D eigenvalue weighted by Crippen LogP contribution is -2.19. The number of unbranched alkanes of at least 4 members (excludes halogenated alkanes) is 1. The Bertz CT molecular complexity index is 323. The summed E-state index contributed by atoms with van der Waals surface area (Å²) in [4.78, 5) is 11.3. The molecule has 0 aliphatic heterocycles. The van der Waals surface area contributed by atoms with E-state index in [0.717, 1.165) is 24.8 Å². The molecule has 18 heavy (non-hydrogen) atoms. The van der Waals surface area contributed by atoms with Crippen LogP contribution >= 0.6 is 11.6 Å². The molecule has 1 rings (SSSR count). The van der Waals surface area contributed by atoms with E-state index in [2.05, 4.69) is 0 Å². The van der Waals surface area contributed by atoms with Crippen molar-refractivity contribution in [2.24, 2.45) is 5.92 Å². The summed E-state index contributed by atoms with van der Waals surface area (Å²) in [5.41, 5.74) is 0.896. The molecule has 1 N–H and O–H groups in total. The van der Waals surface area contributed by atoms with Crippen LogP contribution in [0.2, 0.25) is 0 Å². The number of carbonyl (C=O) groups is 1. The van der Waals surface area contributed by atoms with Gasteiger partial charge in [-0.3, -0.25) is 4.79 Å². The van der Waals surface area contributed by atoms with Gasteiger partial charge in [-0.25, -0.2) is 0 Å². The molecule has 4 heteroatoms. The second kappa shape index (κ2) is 8.33. The first-order valence-electron chi connectivity index (χ1n) is 6.47. The SMILES string of the molecule is CCOC1C=CC(C(CCCCCl)C(=O)O)=CC1. The monoisotopic (exact) mass is 272 g/mol. The van der Waals surface area contributed by atoms with Crippen molar-refractivity contribution in [1.29, 1.82) is 0 Å². The average molecular weight is 273 g/mol. The zero-order chi connectivity index (χ0) is 13.4. The minimum atomic E-state index is -0.754. The number of hydrogen-bond acceptors (Lipinski definition) is 2. The largest absolute Gasteiger partial charge is 0.481 e. The zero-order valence-electron chi connectivity index (χ0n) is 10.8. The van der Waals surface area contributed by atoms with Crippen LogP contribution in [0.25, 0.3) is 0 Å². The molecule has 0 aromatic heterocycles. The number of aliphatic carboxylic acids is 1. The number of allylic oxidation sites excluding steroid dienone is 1. The molecule has 0 bridgehead atoms. The number of halogens is 1. The van der Waals surface area contributed by atoms with Gasteiger partial charge in [-0.1, -0.05) is 24.6 Å². The van der Waals surface area contributed by atoms with E-state index in [4.69, 9.17) is 16.3 Å². The summed E-state index contributed by atoms with van der Waals surface area (Å²) in [5.74, 6) is -0.574. The summed E-state index contributed by atoms with van der Waals surface area (Å²) in [7, 11) is 0. The van der Waals surface area contributed by atoms with Gasteiger partial charge >= 0.3 is 5.97 Å². The molecule has 0 heterocycles. The number of alkyl halides is 1. The fourth-order valence-electron chi connectivity index (χ4n) is 2.09. The van der Waals surface area contributed by atoms with Gasteiger partial charge in [-0.2, -0.15) is 0 Å². The van der Waals surface area contributed by atoms with Gasteiger partial charge in [0.1, 0.15) is 0 Å². The number of rotatable bonds is 8. The Hall–Kier alpha value is -0.800. The topological polar surface area (TPSA) is 46.5 Å². The Morgan fingerprint density at radius 3 is 2.89 bits per heavy atom. The van der Waals surface area contributed by atoms with Crippen LogP contribution in [0.4, 0.5) is 0 Å². The van der Waals surface area contributed by atoms with Crippen molar-refractivity contribution >= 4 is 17.6 Å². The van der Waals surface area contributed by atoms with Gasteiger partial charge in [0.05, 0.1) is 12.0 Å². The molecule has 0 spiro atoms. The van der Waals surface area contributed by atoms with Crippen molar-refractivity contribution in [3.63, 3.8) is 0 Å². The van der Waals surface area contributed by atoms with Crippen molar-refractivity contribution in [2.75, 3.05) is 12.5 Å². The third-order valence-electron chi connectivity index (χ3n) is 3.05. The molecular formula is C14H21ClO3. The van der Waals surface area contributed by atoms with E-state index >= 15 is 0 Å². The van der Waals surface area contributed by atoms with E-state index in [0.29, 0.717) is 18.9 Å². The van der Waals surface area contributed by atoms with E-state index in [1.165, 1.54) is 0 Å². The quantitative estimate of drug-likeness (QED) is 0.544. The first kappa shape index (κ1) is 15.3. The van der Waals surface area contributed by atoms with E-state index in [-0.39, 0.29) is 6.10 Å². The van der Waals surface area contributed by atoms with Crippen LogP contribution in [0.1, 0.15) is 32.6 Å². The molecule has 3 nitrogen and oxygen atoms in total. The lowest BCUT2D eigenvalue weighted by atomic mass is 9.89. The van der Waals surface area contributed by atoms with Gasteiger partial charge in [-0.05, 0) is 31.8 Å². The molecule has 0 aromatic rings. The lowest BCUT2D eigenvalue weighted by molar-refractivity contribution is -0.140. The predicted octanol–water partition coefficient (Wildman–Crippen LogP) is 3.39. The summed E-state index contributed by atoms with van der Waals surface area (Å²) < 4.78 is 5.47. The Kier molecular flexibility index (Phi) is 7.06. The maximum atomic E-state index is 11.3. The molecule has 1 aliphatic rings. The Morgan fingerprint density at radius 1 is 1.61 bits per heavy atom. The fraction of sp³-hybridized carbons (Fsp3) is 0.643. The molecule has 0 aromatic carbocycles. The number of hydrogen-bond donors (Lipinski definition) is 1. The highest BCUT2D eigenvalue weighted by molar-refractivity contribution is 6.17. The summed E-state index contributed by atoms with van der Waals surface area (Å²) in [6, 6.07) is 0. The Labute approximate surface area is 113 Å². The fourth-order valence-corrected chi connectivity index (χ4v) is 2.28. The van der Waals surface area contributed by atoms with Crippen LogP contribution in [0.15, 0.2) is 23.8 Å². The smallest absolute Gasteiger partial charge is 0.310 e. The summed E-state index contributed by atoms with van der Waals surface area (Å²) in [6.45, 7) is 2.63. The van der Waals surface area contributed by atoms with Gasteiger partial charge in [0, 0.05) is 12.5 Å². The van der Waals surface area contributed by atoms with E-state index < -0.39 is 11.9 Å². The molecule has 2 atom stereocenters. The van der Waals surface area contributed by atoms with E-state index in [9.17, 15) is 9.90 Å². The van der Waals surface area contributed by atoms with Crippen molar-refractivity contribution in [3.05, 3.63) is 23.8 Å². The van der Waals surface area contributed by atoms with Crippen molar-refractivity contribution in [2.45, 2.75) is 38.7 Å². The predicted molar refractivity (Wildman–Crippen MR) is 73.0 cm³/mol. The Balaban J connectivity index is 2.54. The second-order valence-corrected chi connectivity index (χ2v) is 4.75. The molecular weight excluding hydrogens is 252 g/mol. The minimum Gasteiger partial charge on any atom is -0.481 e. The highest BCUT2D eigenvalue weighted by atomic mass is 35.5. The molecule has 0 radical (unpaired) electrons. The third kappa shape index (κ3) is 4.83. The average Bonchev–Trinajstić information content (AvgIpc) is 2.36. The van der Waals surface area contributed by atoms with E-state index in [1.807, 2.05) is 25.2 Å². The van der Waals surface area contributed by atoms with Crippen LogP contribution in [0.5, 0.6) is 0 Å². The molecule has 0 fully saturated rings. The number of ether oxygens (including phenoxy) is 1. The standard InChI is InChI=1S/C14H21ClO3/c1-2-18-12-8-6-11(7-9-12)13(14(16)17)5-3-4-10-15/h6-8,12-13H,2-5,9-10H2,1H3,(H,16,17). The molecule has 0 saturated heterocycles. The highest BCUT2D eigenvalue weighted by Gasteiger charge is 2.22. The third-order valence-corrected chi connectivity index (χ3v) is 3.31. The van der Waals surface area contributed by atoms with Gasteiger partial charge in [-0.15, -0.1) is 11.6 Å². The normalized spacial score (nSPS) is 20.6. The summed E-state index contributed by atoms with van der Waals surface area (Å²) in [5, 5.41) is 9.26. The molecule has 0 saturated carbocycles. The highest BCUT2D eigenvalue weighted by Crippen LogP contribution is 2.24. The van der Waals surface area contributed by atoms with Crippen LogP contribution in [-0.2, 0) is 9.53 Å². The second-order valence-electron chi connectivity index (χ2n) is 4.37. The molecule has 102 valence electrons. The van der Waals surface area contributed by atoms with Gasteiger partial charge in [0.2, 0.25) is 0 Å². The number of carboxylic acids is 1. The first-order valence-corrected chi connectivity index (χ1v) is 7.01. The van der Waals surface area contributed by atoms with E-state index in [1.54, 1.807) is 0 Å². The van der Waals surface area contributed by atoms with Gasteiger partial charge in [0.25, 0.3) is 0 Å². The zero-order valence-corrected chi connectivity index (χ0v) is 11.5. The first-order chi connectivity index (χ1) is 8.69. The van der Waals surface area contributed by atoms with Crippen LogP contribution in [0, 0.1) is 5.92 Å². The van der Waals surface area contributed by atoms with Crippen LogP contribution in [0.3, 0.4) is 0 Å². The summed E-state index contributed by atoms with van der Waals surface area (Å²) >= 11 is 5.61. The van der Waals surface area contributed by atoms with Crippen LogP contribution < -0.4 is 0 Å². The minimum absolute atomic E-state index is 0.0936. The number of carboxylic acid groups (broad SMARTS) is 1. The van der Waals surface area contributed by atoms with Crippen molar-refractivity contribution in [1.82, 2.24) is 0 Å². The molecule has 1 aliphatic carbocycles. The molecule has 2 unspecified atom stereocenters. The van der Waals surface area contributed by atoms with Crippen molar-refractivity contribution < 1.29 is 14.6 Å². The summed E-state index contributed by atoms with van der Waals surface area (Å²) in [6.07, 6.45) is 9.05. The van der Waals surface area contributed by atoms with Gasteiger partial charge < -0.3 is 9.84 Å². The maximum Gasteiger partial charge on any atom is 0.310 e. The van der Waals surface area contributed by atoms with Gasteiger partial charge in [0.15, 0.2) is 0 Å². The molecule has 0 amide bonds.